The van der Waals surface area contributed by atoms with Crippen molar-refractivity contribution in [2.24, 2.45) is 0 Å². The maximum absolute atomic E-state index is 10.7. The van der Waals surface area contributed by atoms with Gasteiger partial charge in [-0.1, -0.05) is 0 Å². The van der Waals surface area contributed by atoms with Crippen LogP contribution in [-0.4, -0.2) is 72.7 Å². The fourth-order valence-corrected chi connectivity index (χ4v) is 1.31. The zero-order chi connectivity index (χ0) is 19.9. The molecule has 0 fully saturated rings. The molecule has 0 radical (unpaired) electrons. The first-order valence-electron chi connectivity index (χ1n) is 7.61. The van der Waals surface area contributed by atoms with Crippen LogP contribution in [0.4, 0.5) is 0 Å². The summed E-state index contributed by atoms with van der Waals surface area (Å²) in [6.45, 7) is 3.30. The van der Waals surface area contributed by atoms with E-state index in [1.165, 1.54) is 0 Å². The van der Waals surface area contributed by atoms with E-state index in [4.69, 9.17) is 19.7 Å². The van der Waals surface area contributed by atoms with Crippen molar-refractivity contribution in [3.63, 3.8) is 0 Å². The highest BCUT2D eigenvalue weighted by Crippen LogP contribution is 1.99. The molecule has 2 atom stereocenters. The zero-order valence-electron chi connectivity index (χ0n) is 14.5. The number of carbonyl (C=O) groups excluding carboxylic acids is 4. The van der Waals surface area contributed by atoms with E-state index in [-0.39, 0.29) is 38.6 Å². The lowest BCUT2D eigenvalue weighted by molar-refractivity contribution is -0.153. The molecular formula is C16H22O10. The summed E-state index contributed by atoms with van der Waals surface area (Å²) in [4.78, 5) is 42.6. The van der Waals surface area contributed by atoms with Gasteiger partial charge >= 0.3 is 23.9 Å². The summed E-state index contributed by atoms with van der Waals surface area (Å²) in [5, 5.41) is 15.2. The van der Waals surface area contributed by atoms with Crippen LogP contribution >= 0.6 is 0 Å². The monoisotopic (exact) mass is 374 g/mol. The largest absolute Gasteiger partial charge is 0.459 e. The first-order chi connectivity index (χ1) is 12.3. The van der Waals surface area contributed by atoms with Crippen molar-refractivity contribution in [3.8, 4) is 0 Å². The van der Waals surface area contributed by atoms with Crippen LogP contribution in [0.1, 0.15) is 13.8 Å². The molecule has 2 aliphatic rings. The fraction of sp³-hybridized carbons (Fsp3) is 0.500. The Morgan fingerprint density at radius 1 is 0.731 bits per heavy atom. The maximum Gasteiger partial charge on any atom is 0.331 e. The minimum absolute atomic E-state index is 0.120. The van der Waals surface area contributed by atoms with Crippen LogP contribution in [0.3, 0.4) is 0 Å². The molecule has 26 heavy (non-hydrogen) atoms. The molecule has 2 aliphatic heterocycles. The lowest BCUT2D eigenvalue weighted by Crippen LogP contribution is -2.23. The van der Waals surface area contributed by atoms with E-state index < -0.39 is 23.9 Å². The van der Waals surface area contributed by atoms with Gasteiger partial charge in [-0.2, -0.15) is 0 Å². The Morgan fingerprint density at radius 3 is 1.35 bits per heavy atom. The van der Waals surface area contributed by atoms with Gasteiger partial charge in [0.2, 0.25) is 0 Å². The normalized spacial score (nSPS) is 24.8. The molecule has 10 heteroatoms. The smallest absolute Gasteiger partial charge is 0.331 e. The van der Waals surface area contributed by atoms with Gasteiger partial charge in [-0.15, -0.1) is 0 Å². The van der Waals surface area contributed by atoms with Crippen LogP contribution in [0.2, 0.25) is 0 Å². The first-order valence-corrected chi connectivity index (χ1v) is 7.61. The Morgan fingerprint density at radius 2 is 1.04 bits per heavy atom. The van der Waals surface area contributed by atoms with Crippen LogP contribution in [0.15, 0.2) is 24.3 Å². The van der Waals surface area contributed by atoms with Gasteiger partial charge < -0.3 is 29.2 Å². The topological polar surface area (TPSA) is 146 Å². The number of aliphatic hydroxyl groups is 2. The number of carbonyl (C=O) groups is 4. The SMILES string of the molecule is CC1COC(=O)/C=C/C(=O)O1.CC1COC(=O)/C=C/C(=O)O1.OCCO. The summed E-state index contributed by atoms with van der Waals surface area (Å²) in [5.41, 5.74) is 0. The minimum atomic E-state index is -0.506. The van der Waals surface area contributed by atoms with Crippen LogP contribution in [0, 0.1) is 0 Å². The van der Waals surface area contributed by atoms with E-state index in [1.807, 2.05) is 0 Å². The van der Waals surface area contributed by atoms with Crippen molar-refractivity contribution in [1.82, 2.24) is 0 Å². The van der Waals surface area contributed by atoms with Gasteiger partial charge in [0.15, 0.2) is 0 Å². The molecule has 2 N–H and O–H groups in total. The van der Waals surface area contributed by atoms with Crippen LogP contribution in [-0.2, 0) is 38.1 Å². The third-order valence-corrected chi connectivity index (χ3v) is 2.37. The third-order valence-electron chi connectivity index (χ3n) is 2.37. The molecule has 0 saturated carbocycles. The van der Waals surface area contributed by atoms with Gasteiger partial charge in [0, 0.05) is 24.3 Å². The Balaban J connectivity index is 0.000000401. The van der Waals surface area contributed by atoms with Crippen molar-refractivity contribution < 1.29 is 48.3 Å². The lowest BCUT2D eigenvalue weighted by atomic mass is 10.4. The summed E-state index contributed by atoms with van der Waals surface area (Å²) >= 11 is 0. The van der Waals surface area contributed by atoms with Gasteiger partial charge in [0.1, 0.15) is 25.4 Å². The Labute approximate surface area is 150 Å². The predicted molar refractivity (Wildman–Crippen MR) is 85.5 cm³/mol. The van der Waals surface area contributed by atoms with Crippen molar-refractivity contribution in [3.05, 3.63) is 24.3 Å². The highest BCUT2D eigenvalue weighted by molar-refractivity contribution is 5.92. The lowest BCUT2D eigenvalue weighted by Gasteiger charge is -2.13. The second-order valence-corrected chi connectivity index (χ2v) is 4.87. The predicted octanol–water partition coefficient (Wildman–Crippen LogP) is -0.967. The molecule has 2 rings (SSSR count). The van der Waals surface area contributed by atoms with Gasteiger partial charge in [-0.25, -0.2) is 19.2 Å². The highest BCUT2D eigenvalue weighted by Gasteiger charge is 2.13. The van der Waals surface area contributed by atoms with Gasteiger partial charge in [-0.3, -0.25) is 0 Å². The summed E-state index contributed by atoms with van der Waals surface area (Å²) in [5.74, 6) is -2.02. The van der Waals surface area contributed by atoms with Gasteiger partial charge in [0.25, 0.3) is 0 Å². The van der Waals surface area contributed by atoms with E-state index >= 15 is 0 Å². The van der Waals surface area contributed by atoms with Crippen molar-refractivity contribution in [1.29, 1.82) is 0 Å². The molecule has 0 bridgehead atoms. The Kier molecular flexibility index (Phi) is 12.1. The first kappa shape index (κ1) is 23.3. The highest BCUT2D eigenvalue weighted by atomic mass is 16.6. The van der Waals surface area contributed by atoms with Crippen molar-refractivity contribution in [2.75, 3.05) is 26.4 Å². The fourth-order valence-electron chi connectivity index (χ4n) is 1.31. The van der Waals surface area contributed by atoms with E-state index in [9.17, 15) is 19.2 Å². The number of ether oxygens (including phenoxy) is 4. The number of hydrogen-bond acceptors (Lipinski definition) is 10. The molecule has 2 unspecified atom stereocenters. The second-order valence-electron chi connectivity index (χ2n) is 4.87. The standard InChI is InChI=1S/2C7H8O4.C2H6O2/c2*1-5-4-10-6(8)2-3-7(9)11-5;3-1-2-4/h2*2-3,5H,4H2,1H3;3-4H,1-2H2/b2*3-2+;. The van der Waals surface area contributed by atoms with E-state index in [1.54, 1.807) is 13.8 Å². The second kappa shape index (κ2) is 13.6. The van der Waals surface area contributed by atoms with Crippen molar-refractivity contribution in [2.45, 2.75) is 26.1 Å². The molecule has 0 spiro atoms. The molecular weight excluding hydrogens is 352 g/mol. The quantitative estimate of drug-likeness (QED) is 0.434. The summed E-state index contributed by atoms with van der Waals surface area (Å²) in [7, 11) is 0. The van der Waals surface area contributed by atoms with E-state index in [2.05, 4.69) is 9.47 Å². The molecule has 0 amide bonds. The minimum Gasteiger partial charge on any atom is -0.459 e. The molecule has 0 aromatic heterocycles. The van der Waals surface area contributed by atoms with Crippen LogP contribution in [0.25, 0.3) is 0 Å². The summed E-state index contributed by atoms with van der Waals surface area (Å²) in [6.07, 6.45) is 3.48. The summed E-state index contributed by atoms with van der Waals surface area (Å²) < 4.78 is 18.8. The number of rotatable bonds is 1. The molecule has 2 heterocycles. The maximum atomic E-state index is 10.7. The molecule has 146 valence electrons. The average molecular weight is 374 g/mol. The molecule has 0 saturated heterocycles. The third kappa shape index (κ3) is 12.7. The van der Waals surface area contributed by atoms with Crippen LogP contribution < -0.4 is 0 Å². The average Bonchev–Trinajstić information content (AvgIpc) is 2.60. The molecule has 0 aromatic carbocycles. The van der Waals surface area contributed by atoms with Crippen molar-refractivity contribution >= 4 is 23.9 Å². The number of hydrogen-bond donors (Lipinski definition) is 2. The number of cyclic esters (lactones) is 4. The Hall–Kier alpha value is -2.72. The molecule has 0 aromatic rings. The van der Waals surface area contributed by atoms with E-state index in [0.29, 0.717) is 0 Å². The number of aliphatic hydroxyl groups excluding tert-OH is 2. The molecule has 0 aliphatic carbocycles. The van der Waals surface area contributed by atoms with Gasteiger partial charge in [0.05, 0.1) is 13.2 Å². The van der Waals surface area contributed by atoms with E-state index in [0.717, 1.165) is 24.3 Å². The Bertz CT molecular complexity index is 489. The van der Waals surface area contributed by atoms with Gasteiger partial charge in [-0.05, 0) is 13.8 Å². The zero-order valence-corrected chi connectivity index (χ0v) is 14.5. The summed E-state index contributed by atoms with van der Waals surface area (Å²) in [6, 6.07) is 0. The molecule has 10 nitrogen and oxygen atoms in total. The number of esters is 4. The van der Waals surface area contributed by atoms with Crippen LogP contribution in [0.5, 0.6) is 0 Å².